The second kappa shape index (κ2) is 2.23. The Morgan fingerprint density at radius 3 is 3.08 bits per heavy atom. The lowest BCUT2D eigenvalue weighted by Gasteiger charge is -1.85. The first-order chi connectivity index (χ1) is 6.36. The SMILES string of the molecule is Nc1nsc2c1[nH]c1ccccc12. The summed E-state index contributed by atoms with van der Waals surface area (Å²) >= 11 is 1.44. The van der Waals surface area contributed by atoms with Crippen LogP contribution in [0, 0.1) is 0 Å². The molecule has 0 fully saturated rings. The Balaban J connectivity index is 2.64. The van der Waals surface area contributed by atoms with Crippen molar-refractivity contribution < 1.29 is 0 Å². The molecule has 3 aromatic rings. The Morgan fingerprint density at radius 1 is 1.31 bits per heavy atom. The van der Waals surface area contributed by atoms with Crippen LogP contribution in [0.3, 0.4) is 0 Å². The number of rotatable bonds is 0. The average Bonchev–Trinajstić information content (AvgIpc) is 2.67. The van der Waals surface area contributed by atoms with Gasteiger partial charge in [-0.2, -0.15) is 4.37 Å². The van der Waals surface area contributed by atoms with Gasteiger partial charge >= 0.3 is 0 Å². The number of hydrogen-bond donors (Lipinski definition) is 2. The van der Waals surface area contributed by atoms with Gasteiger partial charge in [0.2, 0.25) is 0 Å². The van der Waals surface area contributed by atoms with Crippen LogP contribution in [0.15, 0.2) is 24.3 Å². The van der Waals surface area contributed by atoms with E-state index in [0.717, 1.165) is 15.7 Å². The summed E-state index contributed by atoms with van der Waals surface area (Å²) in [5.74, 6) is 0.594. The average molecular weight is 189 g/mol. The third-order valence-electron chi connectivity index (χ3n) is 2.15. The second-order valence-corrected chi connectivity index (χ2v) is 3.72. The quantitative estimate of drug-likeness (QED) is 0.570. The number of fused-ring (bicyclic) bond motifs is 3. The van der Waals surface area contributed by atoms with Crippen molar-refractivity contribution in [1.29, 1.82) is 0 Å². The van der Waals surface area contributed by atoms with Gasteiger partial charge in [-0.3, -0.25) is 0 Å². The number of benzene rings is 1. The molecule has 64 valence electrons. The molecule has 0 atom stereocenters. The molecule has 0 amide bonds. The molecular weight excluding hydrogens is 182 g/mol. The normalized spacial score (nSPS) is 11.4. The maximum Gasteiger partial charge on any atom is 0.161 e. The lowest BCUT2D eigenvalue weighted by atomic mass is 10.2. The predicted octanol–water partition coefficient (Wildman–Crippen LogP) is 2.36. The van der Waals surface area contributed by atoms with E-state index in [1.807, 2.05) is 18.2 Å². The molecule has 3 nitrogen and oxygen atoms in total. The van der Waals surface area contributed by atoms with Crippen LogP contribution in [0.5, 0.6) is 0 Å². The minimum absolute atomic E-state index is 0.594. The van der Waals surface area contributed by atoms with Crippen LogP contribution in [0.1, 0.15) is 0 Å². The molecule has 0 unspecified atom stereocenters. The van der Waals surface area contributed by atoms with Crippen molar-refractivity contribution in [2.45, 2.75) is 0 Å². The van der Waals surface area contributed by atoms with Gasteiger partial charge in [0.15, 0.2) is 5.82 Å². The molecule has 0 spiro atoms. The van der Waals surface area contributed by atoms with Gasteiger partial charge in [-0.25, -0.2) is 0 Å². The van der Waals surface area contributed by atoms with E-state index in [4.69, 9.17) is 5.73 Å². The predicted molar refractivity (Wildman–Crippen MR) is 55.9 cm³/mol. The molecule has 0 radical (unpaired) electrons. The molecule has 0 saturated heterocycles. The lowest BCUT2D eigenvalue weighted by Crippen LogP contribution is -1.82. The molecule has 0 bridgehead atoms. The zero-order valence-corrected chi connectivity index (χ0v) is 7.56. The first-order valence-electron chi connectivity index (χ1n) is 3.98. The maximum absolute atomic E-state index is 5.71. The van der Waals surface area contributed by atoms with E-state index in [-0.39, 0.29) is 0 Å². The molecule has 0 aliphatic heterocycles. The molecule has 0 saturated carbocycles. The number of H-pyrrole nitrogens is 1. The van der Waals surface area contributed by atoms with Crippen molar-refractivity contribution in [2.75, 3.05) is 5.73 Å². The summed E-state index contributed by atoms with van der Waals surface area (Å²) in [5.41, 5.74) is 7.80. The van der Waals surface area contributed by atoms with Crippen molar-refractivity contribution in [1.82, 2.24) is 9.36 Å². The van der Waals surface area contributed by atoms with Gasteiger partial charge in [-0.05, 0) is 17.6 Å². The van der Waals surface area contributed by atoms with Gasteiger partial charge in [-0.1, -0.05) is 18.2 Å². The Morgan fingerprint density at radius 2 is 2.15 bits per heavy atom. The van der Waals surface area contributed by atoms with Gasteiger partial charge in [0, 0.05) is 10.9 Å². The van der Waals surface area contributed by atoms with E-state index in [0.29, 0.717) is 5.82 Å². The van der Waals surface area contributed by atoms with Gasteiger partial charge in [0.1, 0.15) is 5.52 Å². The molecule has 3 rings (SSSR count). The van der Waals surface area contributed by atoms with E-state index < -0.39 is 0 Å². The molecule has 1 aromatic carbocycles. The maximum atomic E-state index is 5.71. The van der Waals surface area contributed by atoms with Gasteiger partial charge < -0.3 is 10.7 Å². The summed E-state index contributed by atoms with van der Waals surface area (Å²) in [6, 6.07) is 8.14. The van der Waals surface area contributed by atoms with E-state index in [1.165, 1.54) is 16.9 Å². The van der Waals surface area contributed by atoms with Gasteiger partial charge in [-0.15, -0.1) is 0 Å². The van der Waals surface area contributed by atoms with Gasteiger partial charge in [0.25, 0.3) is 0 Å². The summed E-state index contributed by atoms with van der Waals surface area (Å²) in [6.07, 6.45) is 0. The van der Waals surface area contributed by atoms with Crippen LogP contribution in [0.2, 0.25) is 0 Å². The van der Waals surface area contributed by atoms with Crippen LogP contribution in [0.4, 0.5) is 5.82 Å². The standard InChI is InChI=1S/C9H7N3S/c10-9-7-8(13-12-9)5-3-1-2-4-6(5)11-7/h1-4,11H,(H2,10,12). The fraction of sp³-hybridized carbons (Fsp3) is 0. The smallest absolute Gasteiger partial charge is 0.161 e. The molecule has 0 aliphatic carbocycles. The minimum atomic E-state index is 0.594. The summed E-state index contributed by atoms with van der Waals surface area (Å²) in [6.45, 7) is 0. The molecule has 2 heterocycles. The van der Waals surface area contributed by atoms with Crippen molar-refractivity contribution >= 4 is 38.5 Å². The number of nitrogens with one attached hydrogen (secondary N) is 1. The van der Waals surface area contributed by atoms with Gasteiger partial charge in [0.05, 0.1) is 4.70 Å². The zero-order chi connectivity index (χ0) is 8.84. The largest absolute Gasteiger partial charge is 0.381 e. The number of anilines is 1. The second-order valence-electron chi connectivity index (χ2n) is 2.94. The Labute approximate surface area is 78.3 Å². The summed E-state index contributed by atoms with van der Waals surface area (Å²) in [7, 11) is 0. The molecule has 2 aromatic heterocycles. The highest BCUT2D eigenvalue weighted by molar-refractivity contribution is 7.14. The molecule has 13 heavy (non-hydrogen) atoms. The van der Waals surface area contributed by atoms with Crippen LogP contribution < -0.4 is 5.73 Å². The number of para-hydroxylation sites is 1. The fourth-order valence-electron chi connectivity index (χ4n) is 1.53. The number of aromatic amines is 1. The molecule has 3 N–H and O–H groups in total. The van der Waals surface area contributed by atoms with E-state index in [9.17, 15) is 0 Å². The lowest BCUT2D eigenvalue weighted by molar-refractivity contribution is 1.50. The number of aromatic nitrogens is 2. The van der Waals surface area contributed by atoms with E-state index >= 15 is 0 Å². The summed E-state index contributed by atoms with van der Waals surface area (Å²) < 4.78 is 5.24. The van der Waals surface area contributed by atoms with E-state index in [2.05, 4.69) is 15.4 Å². The Hall–Kier alpha value is -1.55. The van der Waals surface area contributed by atoms with Crippen molar-refractivity contribution in [3.05, 3.63) is 24.3 Å². The number of hydrogen-bond acceptors (Lipinski definition) is 3. The van der Waals surface area contributed by atoms with Crippen LogP contribution in [-0.4, -0.2) is 9.36 Å². The fourth-order valence-corrected chi connectivity index (χ4v) is 2.34. The van der Waals surface area contributed by atoms with Crippen molar-refractivity contribution in [3.63, 3.8) is 0 Å². The third kappa shape index (κ3) is 0.805. The van der Waals surface area contributed by atoms with Crippen molar-refractivity contribution in [3.8, 4) is 0 Å². The first-order valence-corrected chi connectivity index (χ1v) is 4.75. The molecular formula is C9H7N3S. The van der Waals surface area contributed by atoms with E-state index in [1.54, 1.807) is 0 Å². The highest BCUT2D eigenvalue weighted by Crippen LogP contribution is 2.31. The Bertz CT molecular complexity index is 579. The van der Waals surface area contributed by atoms with Crippen LogP contribution >= 0.6 is 11.5 Å². The zero-order valence-electron chi connectivity index (χ0n) is 6.74. The highest BCUT2D eigenvalue weighted by atomic mass is 32.1. The number of nitrogens with two attached hydrogens (primary N) is 1. The molecule has 0 aliphatic rings. The van der Waals surface area contributed by atoms with Crippen molar-refractivity contribution in [2.24, 2.45) is 0 Å². The minimum Gasteiger partial charge on any atom is -0.381 e. The highest BCUT2D eigenvalue weighted by Gasteiger charge is 2.08. The summed E-state index contributed by atoms with van der Waals surface area (Å²) in [5, 5.41) is 1.20. The molecule has 4 heteroatoms. The summed E-state index contributed by atoms with van der Waals surface area (Å²) in [4.78, 5) is 3.25. The van der Waals surface area contributed by atoms with Crippen LogP contribution in [0.25, 0.3) is 21.1 Å². The monoisotopic (exact) mass is 189 g/mol. The number of nitrogen functional groups attached to an aromatic ring is 1. The number of nitrogens with zero attached hydrogens (tertiary/aromatic N) is 1. The topological polar surface area (TPSA) is 54.7 Å². The third-order valence-corrected chi connectivity index (χ3v) is 3.04. The first kappa shape index (κ1) is 6.91. The van der Waals surface area contributed by atoms with Crippen LogP contribution in [-0.2, 0) is 0 Å². The Kier molecular flexibility index (Phi) is 1.19.